The zero-order chi connectivity index (χ0) is 18.8. The largest absolute Gasteiger partial charge is 0.487 e. The molecule has 0 spiro atoms. The third-order valence-electron chi connectivity index (χ3n) is 3.75. The summed E-state index contributed by atoms with van der Waals surface area (Å²) in [4.78, 5) is 18.6. The molecule has 0 atom stereocenters. The van der Waals surface area contributed by atoms with Gasteiger partial charge in [-0.25, -0.2) is 4.98 Å². The van der Waals surface area contributed by atoms with Gasteiger partial charge < -0.3 is 9.64 Å². The lowest BCUT2D eigenvalue weighted by atomic mass is 9.95. The summed E-state index contributed by atoms with van der Waals surface area (Å²) in [6, 6.07) is 7.58. The molecule has 1 heterocycles. The van der Waals surface area contributed by atoms with E-state index in [9.17, 15) is 4.79 Å². The van der Waals surface area contributed by atoms with Crippen molar-refractivity contribution in [1.82, 2.24) is 4.98 Å². The number of nitrogens with zero attached hydrogens (tertiary/aromatic N) is 2. The quantitative estimate of drug-likeness (QED) is 0.768. The Hall–Kier alpha value is -1.88. The minimum Gasteiger partial charge on any atom is -0.487 e. The van der Waals surface area contributed by atoms with Crippen LogP contribution < -0.4 is 9.64 Å². The molecule has 0 unspecified atom stereocenters. The molecule has 0 fully saturated rings. The highest BCUT2D eigenvalue weighted by Crippen LogP contribution is 2.27. The summed E-state index contributed by atoms with van der Waals surface area (Å²) in [7, 11) is 1.80. The first kappa shape index (κ1) is 19.4. The molecule has 2 rings (SSSR count). The number of ether oxygens (including phenoxy) is 1. The molecule has 136 valence electrons. The fraction of sp³-hybridized carbons (Fsp3) is 0.500. The van der Waals surface area contributed by atoms with Crippen molar-refractivity contribution in [1.29, 1.82) is 0 Å². The molecule has 5 heteroatoms. The Morgan fingerprint density at radius 1 is 1.12 bits per heavy atom. The number of carbonyl (C=O) groups excluding carboxylic acids is 1. The number of hydrogen-bond acceptors (Lipinski definition) is 4. The fourth-order valence-corrected chi connectivity index (χ4v) is 3.15. The zero-order valence-electron chi connectivity index (χ0n) is 16.2. The summed E-state index contributed by atoms with van der Waals surface area (Å²) in [5.41, 5.74) is 1.46. The molecule has 0 aliphatic heterocycles. The van der Waals surface area contributed by atoms with E-state index in [0.29, 0.717) is 6.61 Å². The summed E-state index contributed by atoms with van der Waals surface area (Å²) < 4.78 is 5.82. The lowest BCUT2D eigenvalue weighted by Gasteiger charge is -2.26. The third-order valence-corrected chi connectivity index (χ3v) is 5.07. The molecule has 4 nitrogen and oxygen atoms in total. The van der Waals surface area contributed by atoms with Crippen molar-refractivity contribution in [3.63, 3.8) is 0 Å². The van der Waals surface area contributed by atoms with E-state index in [-0.39, 0.29) is 11.3 Å². The SMILES string of the molecule is CN(C(=O)C(C)(C)C)c1ccc(OCc2csc(C(C)(C)C)n2)cc1. The van der Waals surface area contributed by atoms with Gasteiger partial charge in [0.05, 0.1) is 10.7 Å². The van der Waals surface area contributed by atoms with E-state index in [2.05, 4.69) is 25.8 Å². The van der Waals surface area contributed by atoms with Crippen molar-refractivity contribution in [3.8, 4) is 5.75 Å². The Morgan fingerprint density at radius 3 is 2.20 bits per heavy atom. The normalized spacial score (nSPS) is 12.1. The summed E-state index contributed by atoms with van der Waals surface area (Å²) in [6.07, 6.45) is 0. The van der Waals surface area contributed by atoms with Gasteiger partial charge in [0.25, 0.3) is 0 Å². The molecule has 0 saturated heterocycles. The highest BCUT2D eigenvalue weighted by Gasteiger charge is 2.25. The van der Waals surface area contributed by atoms with Gasteiger partial charge in [-0.05, 0) is 24.3 Å². The predicted octanol–water partition coefficient (Wildman–Crippen LogP) is 5.03. The van der Waals surface area contributed by atoms with Crippen LogP contribution in [-0.4, -0.2) is 17.9 Å². The maximum atomic E-state index is 12.3. The molecule has 0 radical (unpaired) electrons. The smallest absolute Gasteiger partial charge is 0.232 e. The van der Waals surface area contributed by atoms with Crippen molar-refractivity contribution >= 4 is 22.9 Å². The highest BCUT2D eigenvalue weighted by atomic mass is 32.1. The van der Waals surface area contributed by atoms with Crippen LogP contribution in [0, 0.1) is 5.41 Å². The Balaban J connectivity index is 1.99. The number of amides is 1. The number of rotatable bonds is 4. The van der Waals surface area contributed by atoms with Gasteiger partial charge in [0, 0.05) is 28.9 Å². The monoisotopic (exact) mass is 360 g/mol. The van der Waals surface area contributed by atoms with Gasteiger partial charge in [-0.3, -0.25) is 4.79 Å². The summed E-state index contributed by atoms with van der Waals surface area (Å²) >= 11 is 1.67. The third kappa shape index (κ3) is 5.05. The van der Waals surface area contributed by atoms with Gasteiger partial charge in [-0.1, -0.05) is 41.5 Å². The standard InChI is InChI=1S/C20H28N2O2S/c1-19(2,3)17-21-14(13-25-17)12-24-16-10-8-15(9-11-16)22(7)18(23)20(4,5)6/h8-11,13H,12H2,1-7H3. The van der Waals surface area contributed by atoms with Crippen LogP contribution in [0.25, 0.3) is 0 Å². The van der Waals surface area contributed by atoms with Crippen molar-refractivity contribution in [2.45, 2.75) is 53.6 Å². The maximum absolute atomic E-state index is 12.3. The van der Waals surface area contributed by atoms with Crippen molar-refractivity contribution < 1.29 is 9.53 Å². The second-order valence-electron chi connectivity index (χ2n) is 8.29. The van der Waals surface area contributed by atoms with E-state index < -0.39 is 5.41 Å². The van der Waals surface area contributed by atoms with E-state index in [4.69, 9.17) is 4.74 Å². The average Bonchev–Trinajstić information content (AvgIpc) is 3.00. The van der Waals surface area contributed by atoms with Gasteiger partial charge in [0.15, 0.2) is 0 Å². The molecule has 0 aliphatic rings. The van der Waals surface area contributed by atoms with Crippen molar-refractivity contribution in [2.24, 2.45) is 5.41 Å². The second kappa shape index (κ2) is 7.16. The van der Waals surface area contributed by atoms with Crippen LogP contribution in [0.4, 0.5) is 5.69 Å². The van der Waals surface area contributed by atoms with Crippen LogP contribution in [0.15, 0.2) is 29.6 Å². The minimum atomic E-state index is -0.403. The molecule has 0 saturated carbocycles. The van der Waals surface area contributed by atoms with E-state index in [1.165, 1.54) is 0 Å². The Bertz CT molecular complexity index is 721. The summed E-state index contributed by atoms with van der Waals surface area (Å²) in [6.45, 7) is 12.7. The van der Waals surface area contributed by atoms with Crippen LogP contribution in [0.5, 0.6) is 5.75 Å². The van der Waals surface area contributed by atoms with Crippen LogP contribution in [-0.2, 0) is 16.8 Å². The lowest BCUT2D eigenvalue weighted by molar-refractivity contribution is -0.125. The molecule has 0 aliphatic carbocycles. The zero-order valence-corrected chi connectivity index (χ0v) is 17.0. The van der Waals surface area contributed by atoms with Gasteiger partial charge >= 0.3 is 0 Å². The molecule has 0 N–H and O–H groups in total. The summed E-state index contributed by atoms with van der Waals surface area (Å²) in [5, 5.41) is 3.16. The number of benzene rings is 1. The molecule has 2 aromatic rings. The first-order valence-electron chi connectivity index (χ1n) is 8.44. The molecule has 0 bridgehead atoms. The van der Waals surface area contributed by atoms with Gasteiger partial charge in [0.2, 0.25) is 5.91 Å². The molecule has 1 aromatic carbocycles. The number of thiazole rings is 1. The number of hydrogen-bond donors (Lipinski definition) is 0. The van der Waals surface area contributed by atoms with Crippen LogP contribution >= 0.6 is 11.3 Å². The van der Waals surface area contributed by atoms with Gasteiger partial charge in [0.1, 0.15) is 12.4 Å². The molecule has 1 aromatic heterocycles. The first-order chi connectivity index (χ1) is 11.5. The molecular formula is C20H28N2O2S. The Kier molecular flexibility index (Phi) is 5.57. The van der Waals surface area contributed by atoms with Crippen LogP contribution in [0.3, 0.4) is 0 Å². The predicted molar refractivity (Wildman–Crippen MR) is 104 cm³/mol. The highest BCUT2D eigenvalue weighted by molar-refractivity contribution is 7.09. The number of aromatic nitrogens is 1. The van der Waals surface area contributed by atoms with Gasteiger partial charge in [-0.2, -0.15) is 0 Å². The van der Waals surface area contributed by atoms with Crippen LogP contribution in [0.2, 0.25) is 0 Å². The number of carbonyl (C=O) groups is 1. The topological polar surface area (TPSA) is 42.4 Å². The summed E-state index contributed by atoms with van der Waals surface area (Å²) in [5.74, 6) is 0.851. The fourth-order valence-electron chi connectivity index (χ4n) is 2.26. The molecule has 1 amide bonds. The minimum absolute atomic E-state index is 0.0642. The van der Waals surface area contributed by atoms with Gasteiger partial charge in [-0.15, -0.1) is 11.3 Å². The van der Waals surface area contributed by atoms with Crippen molar-refractivity contribution in [3.05, 3.63) is 40.3 Å². The Morgan fingerprint density at radius 2 is 1.72 bits per heavy atom. The maximum Gasteiger partial charge on any atom is 0.232 e. The lowest BCUT2D eigenvalue weighted by Crippen LogP contribution is -2.36. The average molecular weight is 361 g/mol. The molecule has 25 heavy (non-hydrogen) atoms. The van der Waals surface area contributed by atoms with Crippen LogP contribution in [0.1, 0.15) is 52.2 Å². The van der Waals surface area contributed by atoms with E-state index in [0.717, 1.165) is 22.1 Å². The first-order valence-corrected chi connectivity index (χ1v) is 9.32. The Labute approximate surface area is 154 Å². The molecular weight excluding hydrogens is 332 g/mol. The van der Waals surface area contributed by atoms with Crippen molar-refractivity contribution in [2.75, 3.05) is 11.9 Å². The van der Waals surface area contributed by atoms with E-state index in [1.807, 2.05) is 50.4 Å². The number of anilines is 1. The van der Waals surface area contributed by atoms with E-state index in [1.54, 1.807) is 23.3 Å². The second-order valence-corrected chi connectivity index (χ2v) is 9.15. The van der Waals surface area contributed by atoms with E-state index >= 15 is 0 Å².